The highest BCUT2D eigenvalue weighted by Crippen LogP contribution is 2.20. The maximum atomic E-state index is 12.0. The lowest BCUT2D eigenvalue weighted by Gasteiger charge is -2.27. The number of amides is 2. The predicted octanol–water partition coefficient (Wildman–Crippen LogP) is 0.111. The van der Waals surface area contributed by atoms with Crippen molar-refractivity contribution in [2.45, 2.75) is 37.5 Å². The summed E-state index contributed by atoms with van der Waals surface area (Å²) >= 11 is 1.80. The predicted molar refractivity (Wildman–Crippen MR) is 67.6 cm³/mol. The normalized spacial score (nSPS) is 32.3. The summed E-state index contributed by atoms with van der Waals surface area (Å²) < 4.78 is 0. The number of likely N-dealkylation sites (tertiary alicyclic amines) is 1. The number of rotatable bonds is 2. The van der Waals surface area contributed by atoms with Crippen LogP contribution in [0.4, 0.5) is 4.79 Å². The molecule has 3 atom stereocenters. The van der Waals surface area contributed by atoms with Crippen LogP contribution in [0.2, 0.25) is 0 Å². The van der Waals surface area contributed by atoms with E-state index in [0.717, 1.165) is 24.3 Å². The monoisotopic (exact) mass is 274 g/mol. The second-order valence-corrected chi connectivity index (χ2v) is 5.91. The van der Waals surface area contributed by atoms with E-state index >= 15 is 0 Å². The van der Waals surface area contributed by atoms with Gasteiger partial charge in [-0.25, -0.2) is 9.59 Å². The van der Waals surface area contributed by atoms with E-state index in [-0.39, 0.29) is 25.0 Å². The highest BCUT2D eigenvalue weighted by atomic mass is 32.2. The van der Waals surface area contributed by atoms with Gasteiger partial charge < -0.3 is 20.4 Å². The van der Waals surface area contributed by atoms with Crippen LogP contribution in [0, 0.1) is 0 Å². The van der Waals surface area contributed by atoms with Gasteiger partial charge in [0.2, 0.25) is 0 Å². The summed E-state index contributed by atoms with van der Waals surface area (Å²) in [4.78, 5) is 24.3. The maximum absolute atomic E-state index is 12.0. The van der Waals surface area contributed by atoms with Crippen molar-refractivity contribution >= 4 is 23.8 Å². The summed E-state index contributed by atoms with van der Waals surface area (Å²) in [5.41, 5.74) is 0. The summed E-state index contributed by atoms with van der Waals surface area (Å²) in [6.07, 6.45) is 1.38. The van der Waals surface area contributed by atoms with Gasteiger partial charge in [0, 0.05) is 24.8 Å². The lowest BCUT2D eigenvalue weighted by atomic mass is 10.2. The Morgan fingerprint density at radius 3 is 2.78 bits per heavy atom. The Kier molecular flexibility index (Phi) is 4.34. The van der Waals surface area contributed by atoms with Crippen molar-refractivity contribution < 1.29 is 19.8 Å². The molecule has 18 heavy (non-hydrogen) atoms. The number of urea groups is 1. The van der Waals surface area contributed by atoms with Gasteiger partial charge in [-0.05, 0) is 18.6 Å². The van der Waals surface area contributed by atoms with Crippen LogP contribution in [-0.2, 0) is 4.79 Å². The average Bonchev–Trinajstić information content (AvgIpc) is 2.73. The molecule has 0 aliphatic carbocycles. The van der Waals surface area contributed by atoms with Crippen molar-refractivity contribution in [3.05, 3.63) is 0 Å². The summed E-state index contributed by atoms with van der Waals surface area (Å²) in [6, 6.07) is -1.16. The van der Waals surface area contributed by atoms with Crippen LogP contribution in [0.3, 0.4) is 0 Å². The second-order valence-electron chi connectivity index (χ2n) is 4.76. The minimum atomic E-state index is -1.06. The van der Waals surface area contributed by atoms with Crippen molar-refractivity contribution in [2.75, 3.05) is 18.1 Å². The van der Waals surface area contributed by atoms with Crippen molar-refractivity contribution in [3.8, 4) is 0 Å². The number of aliphatic carboxylic acids is 1. The molecule has 0 radical (unpaired) electrons. The molecule has 0 spiro atoms. The third-order valence-electron chi connectivity index (χ3n) is 3.31. The van der Waals surface area contributed by atoms with E-state index in [1.165, 1.54) is 4.90 Å². The van der Waals surface area contributed by atoms with Crippen LogP contribution in [0.1, 0.15) is 19.3 Å². The van der Waals surface area contributed by atoms with Crippen molar-refractivity contribution in [1.29, 1.82) is 0 Å². The van der Waals surface area contributed by atoms with Crippen LogP contribution < -0.4 is 5.32 Å². The van der Waals surface area contributed by atoms with Crippen LogP contribution in [0.5, 0.6) is 0 Å². The molecule has 2 saturated heterocycles. The molecule has 2 unspecified atom stereocenters. The Balaban J connectivity index is 1.92. The van der Waals surface area contributed by atoms with Gasteiger partial charge in [-0.1, -0.05) is 0 Å². The van der Waals surface area contributed by atoms with Crippen LogP contribution >= 0.6 is 11.8 Å². The minimum Gasteiger partial charge on any atom is -0.480 e. The molecule has 2 fully saturated rings. The van der Waals surface area contributed by atoms with Gasteiger partial charge in [0.1, 0.15) is 6.04 Å². The fraction of sp³-hybridized carbons (Fsp3) is 0.818. The standard InChI is InChI=1S/C11H18N2O4S/c14-8-4-9(10(15)16)13(5-8)11(17)12-7-2-1-3-18-6-7/h7-9,14H,1-6H2,(H,12,17)(H,15,16)/t7?,8?,9-/m0/s1. The third kappa shape index (κ3) is 3.08. The minimum absolute atomic E-state index is 0.0999. The second kappa shape index (κ2) is 5.79. The zero-order chi connectivity index (χ0) is 13.1. The number of hydrogen-bond donors (Lipinski definition) is 3. The number of carbonyl (C=O) groups is 2. The van der Waals surface area contributed by atoms with Crippen molar-refractivity contribution in [1.82, 2.24) is 10.2 Å². The van der Waals surface area contributed by atoms with E-state index in [1.54, 1.807) is 11.8 Å². The number of nitrogens with one attached hydrogen (secondary N) is 1. The molecule has 2 aliphatic heterocycles. The fourth-order valence-electron chi connectivity index (χ4n) is 2.38. The highest BCUT2D eigenvalue weighted by Gasteiger charge is 2.39. The Labute approximate surface area is 110 Å². The lowest BCUT2D eigenvalue weighted by Crippen LogP contribution is -2.50. The number of aliphatic hydroxyl groups excluding tert-OH is 1. The highest BCUT2D eigenvalue weighted by molar-refractivity contribution is 7.99. The van der Waals surface area contributed by atoms with Gasteiger partial charge in [0.25, 0.3) is 0 Å². The maximum Gasteiger partial charge on any atom is 0.326 e. The number of carboxylic acids is 1. The summed E-state index contributed by atoms with van der Waals surface area (Å²) in [5, 5.41) is 21.4. The summed E-state index contributed by atoms with van der Waals surface area (Å²) in [5.74, 6) is 0.937. The molecule has 0 aromatic heterocycles. The van der Waals surface area contributed by atoms with Gasteiger partial charge >= 0.3 is 12.0 Å². The number of carbonyl (C=O) groups excluding carboxylic acids is 1. The summed E-state index contributed by atoms with van der Waals surface area (Å²) in [7, 11) is 0. The molecule has 2 heterocycles. The van der Waals surface area contributed by atoms with E-state index in [9.17, 15) is 14.7 Å². The average molecular weight is 274 g/mol. The first-order valence-electron chi connectivity index (χ1n) is 6.13. The molecular formula is C11H18N2O4S. The zero-order valence-electron chi connectivity index (χ0n) is 10.0. The number of nitrogens with zero attached hydrogens (tertiary/aromatic N) is 1. The largest absolute Gasteiger partial charge is 0.480 e. The number of β-amino-alcohol motifs (C(OH)–C–C–N with tert-alkyl or cyclic N) is 1. The third-order valence-corrected chi connectivity index (χ3v) is 4.53. The Morgan fingerprint density at radius 2 is 2.17 bits per heavy atom. The van der Waals surface area contributed by atoms with Crippen LogP contribution in [0.15, 0.2) is 0 Å². The van der Waals surface area contributed by atoms with Gasteiger partial charge in [0.15, 0.2) is 0 Å². The van der Waals surface area contributed by atoms with E-state index in [0.29, 0.717) is 0 Å². The number of carboxylic acid groups (broad SMARTS) is 1. The Morgan fingerprint density at radius 1 is 1.39 bits per heavy atom. The van der Waals surface area contributed by atoms with E-state index in [1.807, 2.05) is 0 Å². The van der Waals surface area contributed by atoms with E-state index in [4.69, 9.17) is 5.11 Å². The number of aliphatic hydroxyl groups is 1. The van der Waals surface area contributed by atoms with E-state index < -0.39 is 18.1 Å². The first-order valence-corrected chi connectivity index (χ1v) is 7.29. The number of hydrogen-bond acceptors (Lipinski definition) is 4. The van der Waals surface area contributed by atoms with Crippen molar-refractivity contribution in [3.63, 3.8) is 0 Å². The SMILES string of the molecule is O=C(O)[C@@H]1CC(O)CN1C(=O)NC1CCCSC1. The van der Waals surface area contributed by atoms with Crippen molar-refractivity contribution in [2.24, 2.45) is 0 Å². The molecular weight excluding hydrogens is 256 g/mol. The topological polar surface area (TPSA) is 89.9 Å². The molecule has 0 aromatic carbocycles. The van der Waals surface area contributed by atoms with Gasteiger partial charge in [-0.3, -0.25) is 0 Å². The molecule has 7 heteroatoms. The quantitative estimate of drug-likeness (QED) is 0.665. The fourth-order valence-corrected chi connectivity index (χ4v) is 3.46. The molecule has 102 valence electrons. The molecule has 2 rings (SSSR count). The van der Waals surface area contributed by atoms with Gasteiger partial charge in [-0.15, -0.1) is 0 Å². The first-order chi connectivity index (χ1) is 8.58. The molecule has 0 aromatic rings. The first kappa shape index (κ1) is 13.5. The van der Waals surface area contributed by atoms with Crippen LogP contribution in [-0.4, -0.2) is 63.4 Å². The molecule has 0 saturated carbocycles. The molecule has 2 amide bonds. The van der Waals surface area contributed by atoms with E-state index in [2.05, 4.69) is 5.32 Å². The van der Waals surface area contributed by atoms with Gasteiger partial charge in [0.05, 0.1) is 6.10 Å². The van der Waals surface area contributed by atoms with Gasteiger partial charge in [-0.2, -0.15) is 11.8 Å². The lowest BCUT2D eigenvalue weighted by molar-refractivity contribution is -0.141. The van der Waals surface area contributed by atoms with Crippen LogP contribution in [0.25, 0.3) is 0 Å². The number of thioether (sulfide) groups is 1. The Bertz CT molecular complexity index is 333. The molecule has 0 bridgehead atoms. The molecule has 2 aliphatic rings. The zero-order valence-corrected chi connectivity index (χ0v) is 10.9. The smallest absolute Gasteiger partial charge is 0.326 e. The summed E-state index contributed by atoms with van der Waals surface area (Å²) in [6.45, 7) is 0.0999. The Hall–Kier alpha value is -0.950. The molecule has 3 N–H and O–H groups in total. The molecule has 6 nitrogen and oxygen atoms in total.